The molecular formula is C22H38O4. The van der Waals surface area contributed by atoms with E-state index in [0.717, 1.165) is 19.3 Å². The number of ether oxygens (including phenoxy) is 1. The van der Waals surface area contributed by atoms with E-state index in [9.17, 15) is 15.0 Å². The highest BCUT2D eigenvalue weighted by atomic mass is 16.5. The van der Waals surface area contributed by atoms with Crippen LogP contribution in [0.2, 0.25) is 0 Å². The first-order valence-electron chi connectivity index (χ1n) is 10.3. The van der Waals surface area contributed by atoms with Crippen molar-refractivity contribution in [3.63, 3.8) is 0 Å². The van der Waals surface area contributed by atoms with E-state index in [1.165, 1.54) is 32.8 Å². The van der Waals surface area contributed by atoms with Gasteiger partial charge in [0, 0.05) is 18.8 Å². The van der Waals surface area contributed by atoms with Gasteiger partial charge in [-0.05, 0) is 37.5 Å². The lowest BCUT2D eigenvalue weighted by atomic mass is 9.88. The number of hydrogen-bond donors (Lipinski definition) is 2. The van der Waals surface area contributed by atoms with Crippen LogP contribution in [0, 0.1) is 17.8 Å². The summed E-state index contributed by atoms with van der Waals surface area (Å²) in [6.45, 7) is 4.44. The fourth-order valence-electron chi connectivity index (χ4n) is 3.67. The maximum absolute atomic E-state index is 11.1. The minimum absolute atomic E-state index is 0.0262. The lowest BCUT2D eigenvalue weighted by Crippen LogP contribution is -2.20. The highest BCUT2D eigenvalue weighted by molar-refractivity contribution is 5.69. The molecule has 0 aromatic carbocycles. The predicted molar refractivity (Wildman–Crippen MR) is 106 cm³/mol. The van der Waals surface area contributed by atoms with Crippen LogP contribution in [0.3, 0.4) is 0 Å². The van der Waals surface area contributed by atoms with Crippen molar-refractivity contribution in [3.05, 3.63) is 24.3 Å². The van der Waals surface area contributed by atoms with Crippen molar-refractivity contribution in [2.45, 2.75) is 83.8 Å². The molecule has 2 N–H and O–H groups in total. The maximum Gasteiger partial charge on any atom is 0.305 e. The van der Waals surface area contributed by atoms with Gasteiger partial charge in [0.1, 0.15) is 0 Å². The molecule has 1 aliphatic carbocycles. The van der Waals surface area contributed by atoms with Crippen molar-refractivity contribution in [2.75, 3.05) is 7.11 Å². The zero-order chi connectivity index (χ0) is 19.4. The third-order valence-corrected chi connectivity index (χ3v) is 5.40. The van der Waals surface area contributed by atoms with E-state index < -0.39 is 12.2 Å². The van der Waals surface area contributed by atoms with Gasteiger partial charge in [0.2, 0.25) is 0 Å². The fraction of sp³-hybridized carbons (Fsp3) is 0.773. The Morgan fingerprint density at radius 3 is 2.65 bits per heavy atom. The summed E-state index contributed by atoms with van der Waals surface area (Å²) in [6.07, 6.45) is 15.8. The van der Waals surface area contributed by atoms with E-state index in [-0.39, 0.29) is 17.8 Å². The van der Waals surface area contributed by atoms with Crippen molar-refractivity contribution >= 4 is 5.97 Å². The number of unbranched alkanes of at least 4 members (excludes halogenated alkanes) is 3. The SMILES string of the molecule is CCCCCC(C)/C=C/[C@@H]1[C@@H](C/C=C\CCCC(=O)OC)[C@@H](O)C[C@H]1O. The molecule has 0 heterocycles. The molecule has 0 aliphatic heterocycles. The van der Waals surface area contributed by atoms with E-state index >= 15 is 0 Å². The number of aliphatic hydroxyl groups is 2. The van der Waals surface area contributed by atoms with Gasteiger partial charge in [-0.2, -0.15) is 0 Å². The smallest absolute Gasteiger partial charge is 0.305 e. The molecule has 0 saturated heterocycles. The van der Waals surface area contributed by atoms with Gasteiger partial charge in [-0.1, -0.05) is 57.4 Å². The highest BCUT2D eigenvalue weighted by Crippen LogP contribution is 2.36. The van der Waals surface area contributed by atoms with Crippen LogP contribution >= 0.6 is 0 Å². The van der Waals surface area contributed by atoms with Crippen LogP contribution in [0.4, 0.5) is 0 Å². The topological polar surface area (TPSA) is 66.8 Å². The van der Waals surface area contributed by atoms with Crippen molar-refractivity contribution in [2.24, 2.45) is 17.8 Å². The van der Waals surface area contributed by atoms with Gasteiger partial charge in [0.15, 0.2) is 0 Å². The Morgan fingerprint density at radius 1 is 1.19 bits per heavy atom. The number of esters is 1. The third-order valence-electron chi connectivity index (χ3n) is 5.40. The number of rotatable bonds is 12. The third kappa shape index (κ3) is 8.50. The monoisotopic (exact) mass is 366 g/mol. The van der Waals surface area contributed by atoms with Crippen molar-refractivity contribution in [1.29, 1.82) is 0 Å². The first-order chi connectivity index (χ1) is 12.5. The molecule has 4 heteroatoms. The fourth-order valence-corrected chi connectivity index (χ4v) is 3.67. The zero-order valence-electron chi connectivity index (χ0n) is 16.8. The molecule has 0 spiro atoms. The van der Waals surface area contributed by atoms with Crippen LogP contribution in [0.15, 0.2) is 24.3 Å². The molecule has 0 bridgehead atoms. The Balaban J connectivity index is 2.44. The first kappa shape index (κ1) is 22.9. The van der Waals surface area contributed by atoms with E-state index in [2.05, 4.69) is 42.9 Å². The Morgan fingerprint density at radius 2 is 1.96 bits per heavy atom. The molecule has 4 nitrogen and oxygen atoms in total. The Hall–Kier alpha value is -1.13. The molecule has 1 fully saturated rings. The molecular weight excluding hydrogens is 328 g/mol. The lowest BCUT2D eigenvalue weighted by molar-refractivity contribution is -0.140. The summed E-state index contributed by atoms with van der Waals surface area (Å²) in [7, 11) is 1.41. The quantitative estimate of drug-likeness (QED) is 0.305. The second-order valence-corrected chi connectivity index (χ2v) is 7.65. The molecule has 0 amide bonds. The largest absolute Gasteiger partial charge is 0.469 e. The Bertz CT molecular complexity index is 443. The van der Waals surface area contributed by atoms with Crippen LogP contribution in [-0.4, -0.2) is 35.5 Å². The molecule has 150 valence electrons. The average Bonchev–Trinajstić information content (AvgIpc) is 2.89. The van der Waals surface area contributed by atoms with Gasteiger partial charge < -0.3 is 14.9 Å². The molecule has 1 saturated carbocycles. The Labute approximate surface area is 159 Å². The van der Waals surface area contributed by atoms with Crippen LogP contribution in [0.25, 0.3) is 0 Å². The second kappa shape index (κ2) is 13.1. The summed E-state index contributed by atoms with van der Waals surface area (Å²) >= 11 is 0. The molecule has 1 unspecified atom stereocenters. The van der Waals surface area contributed by atoms with Gasteiger partial charge in [0.25, 0.3) is 0 Å². The van der Waals surface area contributed by atoms with E-state index in [1.54, 1.807) is 0 Å². The van der Waals surface area contributed by atoms with Crippen molar-refractivity contribution in [1.82, 2.24) is 0 Å². The molecule has 0 aromatic heterocycles. The standard InChI is InChI=1S/C22H38O4/c1-4-5-8-11-17(2)14-15-19-18(20(23)16-21(19)24)12-9-6-7-10-13-22(25)26-3/h6,9,14-15,17-21,23-24H,4-5,7-8,10-13,16H2,1-3H3/b9-6-,15-14+/t17?,18-,19-,20+,21-/m1/s1. The molecule has 0 aromatic rings. The first-order valence-corrected chi connectivity index (χ1v) is 10.3. The van der Waals surface area contributed by atoms with Gasteiger partial charge >= 0.3 is 5.97 Å². The molecule has 5 atom stereocenters. The number of hydrogen-bond acceptors (Lipinski definition) is 4. The van der Waals surface area contributed by atoms with Crippen LogP contribution in [0.5, 0.6) is 0 Å². The summed E-state index contributed by atoms with van der Waals surface area (Å²) < 4.78 is 4.62. The number of allylic oxidation sites excluding steroid dienone is 3. The van der Waals surface area contributed by atoms with E-state index in [0.29, 0.717) is 18.8 Å². The van der Waals surface area contributed by atoms with Crippen LogP contribution in [0.1, 0.15) is 71.6 Å². The van der Waals surface area contributed by atoms with Crippen LogP contribution in [-0.2, 0) is 9.53 Å². The van der Waals surface area contributed by atoms with Crippen molar-refractivity contribution < 1.29 is 19.7 Å². The number of carbonyl (C=O) groups is 1. The number of methoxy groups -OCH3 is 1. The second-order valence-electron chi connectivity index (χ2n) is 7.65. The summed E-state index contributed by atoms with van der Waals surface area (Å²) in [5.74, 6) is 0.436. The van der Waals surface area contributed by atoms with Crippen molar-refractivity contribution in [3.8, 4) is 0 Å². The van der Waals surface area contributed by atoms with Crippen LogP contribution < -0.4 is 0 Å². The average molecular weight is 367 g/mol. The van der Waals surface area contributed by atoms with Gasteiger partial charge in [-0.3, -0.25) is 4.79 Å². The highest BCUT2D eigenvalue weighted by Gasteiger charge is 2.39. The molecule has 26 heavy (non-hydrogen) atoms. The summed E-state index contributed by atoms with van der Waals surface area (Å²) in [4.78, 5) is 11.1. The lowest BCUT2D eigenvalue weighted by Gasteiger charge is -2.19. The predicted octanol–water partition coefficient (Wildman–Crippen LogP) is 4.41. The Kier molecular flexibility index (Phi) is 11.5. The molecule has 1 rings (SSSR count). The zero-order valence-corrected chi connectivity index (χ0v) is 16.8. The minimum atomic E-state index is -0.457. The van der Waals surface area contributed by atoms with E-state index in [1.807, 2.05) is 0 Å². The summed E-state index contributed by atoms with van der Waals surface area (Å²) in [5.41, 5.74) is 0. The maximum atomic E-state index is 11.1. The number of aliphatic hydroxyl groups excluding tert-OH is 2. The van der Waals surface area contributed by atoms with E-state index in [4.69, 9.17) is 0 Å². The van der Waals surface area contributed by atoms with Gasteiger partial charge in [0.05, 0.1) is 19.3 Å². The number of carbonyl (C=O) groups excluding carboxylic acids is 1. The molecule has 0 radical (unpaired) electrons. The summed E-state index contributed by atoms with van der Waals surface area (Å²) in [6, 6.07) is 0. The molecule has 1 aliphatic rings. The minimum Gasteiger partial charge on any atom is -0.469 e. The van der Waals surface area contributed by atoms with Gasteiger partial charge in [-0.15, -0.1) is 0 Å². The van der Waals surface area contributed by atoms with Gasteiger partial charge in [-0.25, -0.2) is 0 Å². The normalized spacial score (nSPS) is 27.4. The summed E-state index contributed by atoms with van der Waals surface area (Å²) in [5, 5.41) is 20.6.